The standard InChI is InChI=1S/C6H8OS/c7-8-6-4-2-1-3-5-6/h2,4-5,7H,1,3H2/p+1. The van der Waals surface area contributed by atoms with Gasteiger partial charge in [-0.3, -0.25) is 0 Å². The highest BCUT2D eigenvalue weighted by molar-refractivity contribution is 7.97. The number of allylic oxidation sites excluding steroid dienone is 3. The zero-order valence-electron chi connectivity index (χ0n) is 4.55. The van der Waals surface area contributed by atoms with Crippen LogP contribution in [0.3, 0.4) is 0 Å². The molecule has 0 spiro atoms. The summed E-state index contributed by atoms with van der Waals surface area (Å²) in [6, 6.07) is 0. The van der Waals surface area contributed by atoms with Crippen molar-refractivity contribution in [3.8, 4) is 0 Å². The van der Waals surface area contributed by atoms with Crippen LogP contribution in [0.4, 0.5) is 0 Å². The minimum Gasteiger partial charge on any atom is -0.367 e. The van der Waals surface area contributed by atoms with Gasteiger partial charge >= 0.3 is 0 Å². The molecule has 2 heteroatoms. The van der Waals surface area contributed by atoms with E-state index >= 15 is 0 Å². The van der Waals surface area contributed by atoms with E-state index in [2.05, 4.69) is 12.2 Å². The van der Waals surface area contributed by atoms with E-state index in [1.54, 1.807) is 0 Å². The summed E-state index contributed by atoms with van der Waals surface area (Å²) in [5, 5.41) is 0. The molecule has 0 saturated carbocycles. The predicted molar refractivity (Wildman–Crippen MR) is 37.7 cm³/mol. The second kappa shape index (κ2) is 2.95. The monoisotopic (exact) mass is 129 g/mol. The maximum Gasteiger partial charge on any atom is 0.222 e. The molecule has 0 bridgehead atoms. The summed E-state index contributed by atoms with van der Waals surface area (Å²) in [7, 11) is 0. The van der Waals surface area contributed by atoms with Crippen LogP contribution in [0.2, 0.25) is 0 Å². The molecule has 0 unspecified atom stereocenters. The Bertz CT molecular complexity index is 126. The Balaban J connectivity index is 2.51. The molecular weight excluding hydrogens is 120 g/mol. The molecule has 0 atom stereocenters. The fourth-order valence-corrected chi connectivity index (χ4v) is 1.03. The average Bonchev–Trinajstić information content (AvgIpc) is 1.90. The van der Waals surface area contributed by atoms with Gasteiger partial charge in [0.05, 0.1) is 4.91 Å². The highest BCUT2D eigenvalue weighted by Gasteiger charge is 1.97. The van der Waals surface area contributed by atoms with E-state index < -0.39 is 0 Å². The maximum atomic E-state index is 6.89. The molecule has 0 aromatic rings. The molecule has 0 aromatic heterocycles. The quantitative estimate of drug-likeness (QED) is 0.389. The van der Waals surface area contributed by atoms with E-state index in [0.717, 1.165) is 29.8 Å². The normalized spacial score (nSPS) is 18.4. The van der Waals surface area contributed by atoms with Gasteiger partial charge < -0.3 is 4.55 Å². The highest BCUT2D eigenvalue weighted by atomic mass is 32.2. The van der Waals surface area contributed by atoms with Gasteiger partial charge in [0, 0.05) is 0 Å². The van der Waals surface area contributed by atoms with Gasteiger partial charge in [0.1, 0.15) is 0 Å². The van der Waals surface area contributed by atoms with Gasteiger partial charge in [0.15, 0.2) is 0 Å². The summed E-state index contributed by atoms with van der Waals surface area (Å²) in [6.45, 7) is 0. The van der Waals surface area contributed by atoms with Crippen LogP contribution in [-0.2, 0) is 0 Å². The van der Waals surface area contributed by atoms with E-state index in [1.807, 2.05) is 6.08 Å². The molecule has 1 aliphatic rings. The summed E-state index contributed by atoms with van der Waals surface area (Å²) in [5.41, 5.74) is 0. The fourth-order valence-electron chi connectivity index (χ4n) is 0.665. The van der Waals surface area contributed by atoms with Crippen molar-refractivity contribution in [2.75, 3.05) is 0 Å². The van der Waals surface area contributed by atoms with Crippen LogP contribution in [0.15, 0.2) is 23.1 Å². The SMILES string of the molecule is [OH2+]SC1=CCCC=C1. The molecule has 1 aliphatic carbocycles. The third-order valence-corrected chi connectivity index (χ3v) is 1.62. The van der Waals surface area contributed by atoms with Crippen LogP contribution in [0, 0.1) is 0 Å². The maximum absolute atomic E-state index is 6.89. The van der Waals surface area contributed by atoms with Gasteiger partial charge in [-0.1, -0.05) is 12.2 Å². The van der Waals surface area contributed by atoms with E-state index in [9.17, 15) is 0 Å². The number of hydrogen-bond acceptors (Lipinski definition) is 1. The van der Waals surface area contributed by atoms with Crippen molar-refractivity contribution < 1.29 is 4.55 Å². The molecule has 0 saturated heterocycles. The van der Waals surface area contributed by atoms with E-state index in [4.69, 9.17) is 4.55 Å². The molecule has 0 heterocycles. The predicted octanol–water partition coefficient (Wildman–Crippen LogP) is 1.59. The van der Waals surface area contributed by atoms with Gasteiger partial charge in [-0.15, -0.1) is 0 Å². The molecule has 0 aromatic carbocycles. The van der Waals surface area contributed by atoms with E-state index in [1.165, 1.54) is 0 Å². The van der Waals surface area contributed by atoms with Gasteiger partial charge in [-0.25, -0.2) is 0 Å². The zero-order chi connectivity index (χ0) is 5.82. The van der Waals surface area contributed by atoms with Crippen LogP contribution in [-0.4, -0.2) is 4.55 Å². The summed E-state index contributed by atoms with van der Waals surface area (Å²) in [5.74, 6) is 0. The lowest BCUT2D eigenvalue weighted by Crippen LogP contribution is -1.77. The number of rotatable bonds is 1. The Labute approximate surface area is 53.3 Å². The first-order valence-electron chi connectivity index (χ1n) is 2.64. The van der Waals surface area contributed by atoms with Crippen molar-refractivity contribution in [1.29, 1.82) is 0 Å². The van der Waals surface area contributed by atoms with Crippen molar-refractivity contribution in [2.45, 2.75) is 12.8 Å². The van der Waals surface area contributed by atoms with Gasteiger partial charge in [0.2, 0.25) is 12.0 Å². The lowest BCUT2D eigenvalue weighted by atomic mass is 10.2. The van der Waals surface area contributed by atoms with Crippen LogP contribution < -0.4 is 0 Å². The van der Waals surface area contributed by atoms with Gasteiger partial charge in [-0.2, -0.15) is 0 Å². The highest BCUT2D eigenvalue weighted by Crippen LogP contribution is 2.18. The Morgan fingerprint density at radius 2 is 2.38 bits per heavy atom. The third-order valence-electron chi connectivity index (χ3n) is 1.08. The zero-order valence-corrected chi connectivity index (χ0v) is 5.37. The van der Waals surface area contributed by atoms with Crippen molar-refractivity contribution in [1.82, 2.24) is 0 Å². The summed E-state index contributed by atoms with van der Waals surface area (Å²) in [4.78, 5) is 1.08. The first-order chi connectivity index (χ1) is 3.93. The van der Waals surface area contributed by atoms with E-state index in [-0.39, 0.29) is 0 Å². The van der Waals surface area contributed by atoms with Crippen LogP contribution >= 0.6 is 12.0 Å². The lowest BCUT2D eigenvalue weighted by molar-refractivity contribution is 0.669. The van der Waals surface area contributed by atoms with Crippen LogP contribution in [0.1, 0.15) is 12.8 Å². The summed E-state index contributed by atoms with van der Waals surface area (Å²) < 4.78 is 6.89. The Morgan fingerprint density at radius 1 is 1.50 bits per heavy atom. The molecule has 0 amide bonds. The molecular formula is C6H9OS+. The Hall–Kier alpha value is -0.210. The van der Waals surface area contributed by atoms with Gasteiger partial charge in [0.25, 0.3) is 0 Å². The van der Waals surface area contributed by atoms with Gasteiger partial charge in [-0.05, 0) is 18.9 Å². The molecule has 0 radical (unpaired) electrons. The topological polar surface area (TPSA) is 22.9 Å². The van der Waals surface area contributed by atoms with Crippen molar-refractivity contribution in [3.05, 3.63) is 23.1 Å². The smallest absolute Gasteiger partial charge is 0.222 e. The fraction of sp³-hybridized carbons (Fsp3) is 0.333. The first-order valence-corrected chi connectivity index (χ1v) is 3.45. The largest absolute Gasteiger partial charge is 0.367 e. The Kier molecular flexibility index (Phi) is 2.18. The molecule has 2 N–H and O–H groups in total. The second-order valence-corrected chi connectivity index (χ2v) is 2.36. The Morgan fingerprint density at radius 3 is 2.75 bits per heavy atom. The molecule has 1 nitrogen and oxygen atoms in total. The minimum atomic E-state index is 1.07. The lowest BCUT2D eigenvalue weighted by Gasteiger charge is -1.95. The molecule has 0 fully saturated rings. The van der Waals surface area contributed by atoms with Crippen LogP contribution in [0.5, 0.6) is 0 Å². The molecule has 44 valence electrons. The number of hydrogen-bond donors (Lipinski definition) is 0. The van der Waals surface area contributed by atoms with Crippen molar-refractivity contribution >= 4 is 12.0 Å². The summed E-state index contributed by atoms with van der Waals surface area (Å²) >= 11 is 1.07. The second-order valence-electron chi connectivity index (χ2n) is 1.69. The molecule has 0 aliphatic heterocycles. The van der Waals surface area contributed by atoms with Crippen molar-refractivity contribution in [3.63, 3.8) is 0 Å². The third kappa shape index (κ3) is 1.39. The average molecular weight is 129 g/mol. The molecule has 8 heavy (non-hydrogen) atoms. The van der Waals surface area contributed by atoms with E-state index in [0.29, 0.717) is 0 Å². The minimum absolute atomic E-state index is 1.07. The van der Waals surface area contributed by atoms with Crippen LogP contribution in [0.25, 0.3) is 0 Å². The molecule has 1 rings (SSSR count). The first kappa shape index (κ1) is 5.92. The summed E-state index contributed by atoms with van der Waals surface area (Å²) in [6.07, 6.45) is 8.46. The van der Waals surface area contributed by atoms with Crippen molar-refractivity contribution in [2.24, 2.45) is 0 Å².